The molecule has 0 fully saturated rings. The molecule has 1 N–H and O–H groups in total. The van der Waals surface area contributed by atoms with E-state index in [4.69, 9.17) is 11.6 Å². The van der Waals surface area contributed by atoms with Crippen LogP contribution in [0.4, 0.5) is 10.1 Å². The van der Waals surface area contributed by atoms with Crippen LogP contribution in [0.25, 0.3) is 6.08 Å². The second-order valence-corrected chi connectivity index (χ2v) is 5.84. The Morgan fingerprint density at radius 2 is 2.16 bits per heavy atom. The van der Waals surface area contributed by atoms with Crippen LogP contribution in [0.2, 0.25) is 5.02 Å². The van der Waals surface area contributed by atoms with Gasteiger partial charge in [-0.15, -0.1) is 0 Å². The number of hydrogen-bond acceptors (Lipinski definition) is 3. The van der Waals surface area contributed by atoms with Crippen molar-refractivity contribution in [1.29, 1.82) is 0 Å². The molecule has 0 unspecified atom stereocenters. The first-order valence-electron chi connectivity index (χ1n) is 7.44. The zero-order valence-electron chi connectivity index (χ0n) is 13.4. The minimum absolute atomic E-state index is 0.275. The molecule has 1 aromatic carbocycles. The largest absolute Gasteiger partial charge is 0.320 e. The number of halogens is 2. The fraction of sp³-hybridized carbons (Fsp3) is 0.118. The van der Waals surface area contributed by atoms with Crippen molar-refractivity contribution >= 4 is 29.3 Å². The molecular formula is C17H15ClFN5O. The van der Waals surface area contributed by atoms with Crippen LogP contribution in [0, 0.1) is 5.82 Å². The highest BCUT2D eigenvalue weighted by atomic mass is 35.5. The Kier molecular flexibility index (Phi) is 4.95. The molecular weight excluding hydrogens is 345 g/mol. The number of carbonyl (C=O) groups is 1. The third-order valence-corrected chi connectivity index (χ3v) is 3.75. The zero-order chi connectivity index (χ0) is 17.8. The molecule has 3 aromatic rings. The summed E-state index contributed by atoms with van der Waals surface area (Å²) in [7, 11) is 1.80. The van der Waals surface area contributed by atoms with E-state index in [1.807, 2.05) is 0 Å². The maximum Gasteiger partial charge on any atom is 0.248 e. The predicted octanol–water partition coefficient (Wildman–Crippen LogP) is 3.11. The van der Waals surface area contributed by atoms with Gasteiger partial charge in [0.25, 0.3) is 0 Å². The highest BCUT2D eigenvalue weighted by Gasteiger charge is 2.06. The second kappa shape index (κ2) is 7.31. The van der Waals surface area contributed by atoms with Crippen molar-refractivity contribution in [2.75, 3.05) is 5.32 Å². The molecule has 0 bridgehead atoms. The van der Waals surface area contributed by atoms with Gasteiger partial charge in [0, 0.05) is 36.1 Å². The molecule has 0 saturated carbocycles. The molecule has 0 spiro atoms. The van der Waals surface area contributed by atoms with Gasteiger partial charge >= 0.3 is 0 Å². The Morgan fingerprint density at radius 1 is 1.32 bits per heavy atom. The van der Waals surface area contributed by atoms with Crippen LogP contribution in [0.3, 0.4) is 0 Å². The molecule has 0 aliphatic heterocycles. The molecule has 25 heavy (non-hydrogen) atoms. The van der Waals surface area contributed by atoms with E-state index in [-0.39, 0.29) is 11.7 Å². The monoisotopic (exact) mass is 359 g/mol. The van der Waals surface area contributed by atoms with Gasteiger partial charge in [0.2, 0.25) is 5.91 Å². The summed E-state index contributed by atoms with van der Waals surface area (Å²) in [5.41, 5.74) is 2.12. The van der Waals surface area contributed by atoms with Crippen LogP contribution in [-0.2, 0) is 18.4 Å². The summed E-state index contributed by atoms with van der Waals surface area (Å²) in [6.07, 6.45) is 9.77. The summed E-state index contributed by atoms with van der Waals surface area (Å²) in [5.74, 6) is -0.661. The van der Waals surface area contributed by atoms with Gasteiger partial charge in [-0.3, -0.25) is 14.2 Å². The summed E-state index contributed by atoms with van der Waals surface area (Å²) in [5, 5.41) is 11.2. The lowest BCUT2D eigenvalue weighted by Crippen LogP contribution is -2.07. The van der Waals surface area contributed by atoms with Gasteiger partial charge in [-0.2, -0.15) is 10.2 Å². The van der Waals surface area contributed by atoms with Crippen LogP contribution in [0.15, 0.2) is 49.1 Å². The van der Waals surface area contributed by atoms with E-state index >= 15 is 0 Å². The first-order chi connectivity index (χ1) is 12.0. The minimum atomic E-state index is -0.387. The molecule has 8 heteroatoms. The van der Waals surface area contributed by atoms with Crippen LogP contribution >= 0.6 is 11.6 Å². The Hall–Kier alpha value is -2.93. The van der Waals surface area contributed by atoms with Crippen molar-refractivity contribution in [1.82, 2.24) is 19.6 Å². The van der Waals surface area contributed by atoms with E-state index < -0.39 is 0 Å². The Morgan fingerprint density at radius 3 is 2.88 bits per heavy atom. The van der Waals surface area contributed by atoms with Crippen LogP contribution in [0.1, 0.15) is 11.1 Å². The number of benzene rings is 1. The topological polar surface area (TPSA) is 64.7 Å². The number of aryl methyl sites for hydroxylation is 1. The number of amides is 1. The third-order valence-electron chi connectivity index (χ3n) is 3.40. The lowest BCUT2D eigenvalue weighted by molar-refractivity contribution is -0.111. The lowest BCUT2D eigenvalue weighted by Gasteiger charge is -2.04. The molecule has 2 aromatic heterocycles. The van der Waals surface area contributed by atoms with Gasteiger partial charge in [0.1, 0.15) is 5.82 Å². The van der Waals surface area contributed by atoms with E-state index in [2.05, 4.69) is 15.5 Å². The summed E-state index contributed by atoms with van der Waals surface area (Å²) in [4.78, 5) is 11.9. The molecule has 6 nitrogen and oxygen atoms in total. The van der Waals surface area contributed by atoms with Crippen LogP contribution in [-0.4, -0.2) is 25.5 Å². The highest BCUT2D eigenvalue weighted by Crippen LogP contribution is 2.18. The number of carbonyl (C=O) groups excluding carboxylic acids is 1. The van der Waals surface area contributed by atoms with Crippen LogP contribution in [0.5, 0.6) is 0 Å². The lowest BCUT2D eigenvalue weighted by atomic mass is 10.2. The van der Waals surface area contributed by atoms with E-state index in [0.29, 0.717) is 17.3 Å². The SMILES string of the molecule is Cn1cc(/C=C/C(=O)Nc2cnn(Cc3ccc(F)cc3Cl)c2)cn1. The number of nitrogens with zero attached hydrogens (tertiary/aromatic N) is 4. The fourth-order valence-corrected chi connectivity index (χ4v) is 2.45. The first kappa shape index (κ1) is 16.9. The Bertz CT molecular complexity index is 931. The number of anilines is 1. The first-order valence-corrected chi connectivity index (χ1v) is 7.81. The zero-order valence-corrected chi connectivity index (χ0v) is 14.1. The molecule has 0 aliphatic carbocycles. The third kappa shape index (κ3) is 4.54. The number of aromatic nitrogens is 4. The molecule has 0 radical (unpaired) electrons. The molecule has 1 amide bonds. The highest BCUT2D eigenvalue weighted by molar-refractivity contribution is 6.31. The summed E-state index contributed by atoms with van der Waals surface area (Å²) in [6, 6.07) is 4.21. The maximum atomic E-state index is 13.1. The van der Waals surface area contributed by atoms with Gasteiger partial charge in [-0.25, -0.2) is 4.39 Å². The fourth-order valence-electron chi connectivity index (χ4n) is 2.22. The van der Waals surface area contributed by atoms with E-state index in [1.54, 1.807) is 47.1 Å². The van der Waals surface area contributed by atoms with Crippen molar-refractivity contribution in [3.63, 3.8) is 0 Å². The second-order valence-electron chi connectivity index (χ2n) is 5.43. The molecule has 3 rings (SSSR count). The average molecular weight is 360 g/mol. The van der Waals surface area contributed by atoms with E-state index in [9.17, 15) is 9.18 Å². The van der Waals surface area contributed by atoms with Crippen molar-refractivity contribution < 1.29 is 9.18 Å². The molecule has 2 heterocycles. The summed E-state index contributed by atoms with van der Waals surface area (Å²) >= 11 is 6.00. The molecule has 0 aliphatic rings. The quantitative estimate of drug-likeness (QED) is 0.712. The number of nitrogens with one attached hydrogen (secondary N) is 1. The van der Waals surface area contributed by atoms with Gasteiger partial charge in [-0.1, -0.05) is 17.7 Å². The number of hydrogen-bond donors (Lipinski definition) is 1. The standard InChI is InChI=1S/C17H15ClFN5O/c1-23-9-12(7-20-23)2-5-17(25)22-15-8-21-24(11-15)10-13-3-4-14(19)6-16(13)18/h2-9,11H,10H2,1H3,(H,22,25)/b5-2+. The summed E-state index contributed by atoms with van der Waals surface area (Å²) < 4.78 is 16.3. The van der Waals surface area contributed by atoms with Gasteiger partial charge < -0.3 is 5.32 Å². The molecule has 128 valence electrons. The van der Waals surface area contributed by atoms with Crippen molar-refractivity contribution in [2.45, 2.75) is 6.54 Å². The van der Waals surface area contributed by atoms with Crippen molar-refractivity contribution in [3.05, 3.63) is 71.0 Å². The average Bonchev–Trinajstić information content (AvgIpc) is 3.17. The van der Waals surface area contributed by atoms with Gasteiger partial charge in [0.05, 0.1) is 24.6 Å². The van der Waals surface area contributed by atoms with Crippen molar-refractivity contribution in [3.8, 4) is 0 Å². The molecule has 0 saturated heterocycles. The van der Waals surface area contributed by atoms with Crippen molar-refractivity contribution in [2.24, 2.45) is 7.05 Å². The Labute approximate surface area is 148 Å². The Balaban J connectivity index is 1.61. The maximum absolute atomic E-state index is 13.1. The van der Waals surface area contributed by atoms with Gasteiger partial charge in [-0.05, 0) is 23.8 Å². The van der Waals surface area contributed by atoms with E-state index in [1.165, 1.54) is 24.4 Å². The number of rotatable bonds is 5. The predicted molar refractivity (Wildman–Crippen MR) is 93.6 cm³/mol. The normalized spacial score (nSPS) is 11.2. The minimum Gasteiger partial charge on any atom is -0.320 e. The van der Waals surface area contributed by atoms with E-state index in [0.717, 1.165) is 11.1 Å². The summed E-state index contributed by atoms with van der Waals surface area (Å²) in [6.45, 7) is 0.376. The smallest absolute Gasteiger partial charge is 0.248 e. The van der Waals surface area contributed by atoms with Crippen LogP contribution < -0.4 is 5.32 Å². The van der Waals surface area contributed by atoms with Gasteiger partial charge in [0.15, 0.2) is 0 Å². The molecule has 0 atom stereocenters.